The smallest absolute Gasteiger partial charge is 0.253 e. The molecule has 0 radical (unpaired) electrons. The Morgan fingerprint density at radius 3 is 2.42 bits per heavy atom. The monoisotopic (exact) mass is 494 g/mol. The second-order valence-electron chi connectivity index (χ2n) is 11.3. The van der Waals surface area contributed by atoms with E-state index in [1.54, 1.807) is 6.07 Å². The highest BCUT2D eigenvalue weighted by Crippen LogP contribution is 2.56. The first-order valence-corrected chi connectivity index (χ1v) is 12.5. The largest absolute Gasteiger partial charge is 0.507 e. The second kappa shape index (κ2) is 8.98. The highest BCUT2D eigenvalue weighted by Gasteiger charge is 2.47. The fourth-order valence-corrected chi connectivity index (χ4v) is 6.59. The summed E-state index contributed by atoms with van der Waals surface area (Å²) in [6.07, 6.45) is 8.64. The van der Waals surface area contributed by atoms with E-state index in [4.69, 9.17) is 0 Å². The topological polar surface area (TPSA) is 71.2 Å². The maximum atomic E-state index is 15.0. The van der Waals surface area contributed by atoms with E-state index in [0.29, 0.717) is 22.6 Å². The molecule has 2 fully saturated rings. The number of hydrogen-bond donors (Lipinski definition) is 1. The van der Waals surface area contributed by atoms with Crippen molar-refractivity contribution in [2.45, 2.75) is 65.2 Å². The molecule has 6 nitrogen and oxygen atoms in total. The molecule has 0 saturated heterocycles. The second-order valence-corrected chi connectivity index (χ2v) is 11.3. The number of phenols is 1. The van der Waals surface area contributed by atoms with Gasteiger partial charge in [0.05, 0.1) is 5.69 Å². The Labute approximate surface area is 209 Å². The quantitative estimate of drug-likeness (QED) is 0.476. The van der Waals surface area contributed by atoms with E-state index < -0.39 is 18.2 Å². The van der Waals surface area contributed by atoms with E-state index >= 15 is 4.39 Å². The summed E-state index contributed by atoms with van der Waals surface area (Å²) < 4.78 is 28.7. The number of alkyl halides is 1. The van der Waals surface area contributed by atoms with Gasteiger partial charge in [-0.05, 0) is 78.8 Å². The first-order chi connectivity index (χ1) is 17.1. The summed E-state index contributed by atoms with van der Waals surface area (Å²) in [5, 5.41) is 19.4. The average molecular weight is 495 g/mol. The number of benzene rings is 1. The van der Waals surface area contributed by atoms with Gasteiger partial charge in [-0.15, -0.1) is 10.2 Å². The van der Waals surface area contributed by atoms with E-state index in [-0.39, 0.29) is 22.4 Å². The molecule has 2 saturated carbocycles. The molecule has 0 unspecified atom stereocenters. The van der Waals surface area contributed by atoms with Crippen LogP contribution >= 0.6 is 0 Å². The highest BCUT2D eigenvalue weighted by molar-refractivity contribution is 5.74. The fourth-order valence-electron chi connectivity index (χ4n) is 6.59. The summed E-state index contributed by atoms with van der Waals surface area (Å²) in [5.41, 5.74) is 0.999. The molecule has 190 valence electrons. The Hall–Kier alpha value is -3.29. The molecular weight excluding hydrogens is 462 g/mol. The van der Waals surface area contributed by atoms with Gasteiger partial charge in [0.1, 0.15) is 11.6 Å². The number of aromatic nitrogens is 3. The Kier molecular flexibility index (Phi) is 6.09. The van der Waals surface area contributed by atoms with Crippen LogP contribution in [0.3, 0.4) is 0 Å². The molecule has 0 spiro atoms. The van der Waals surface area contributed by atoms with Crippen molar-refractivity contribution >= 4 is 5.82 Å². The first-order valence-electron chi connectivity index (χ1n) is 12.5. The number of pyridine rings is 1. The van der Waals surface area contributed by atoms with Gasteiger partial charge in [0.25, 0.3) is 5.56 Å². The summed E-state index contributed by atoms with van der Waals surface area (Å²) in [6, 6.07) is 8.99. The van der Waals surface area contributed by atoms with Gasteiger partial charge < -0.3 is 10.0 Å². The fraction of sp³-hybridized carbons (Fsp3) is 0.464. The van der Waals surface area contributed by atoms with Crippen LogP contribution in [-0.2, 0) is 6.80 Å². The predicted octanol–water partition coefficient (Wildman–Crippen LogP) is 5.93. The molecule has 1 aromatic carbocycles. The van der Waals surface area contributed by atoms with Gasteiger partial charge in [-0.2, -0.15) is 0 Å². The molecule has 0 aliphatic heterocycles. The van der Waals surface area contributed by atoms with Crippen LogP contribution in [0.2, 0.25) is 0 Å². The lowest BCUT2D eigenvalue weighted by Crippen LogP contribution is -2.49. The van der Waals surface area contributed by atoms with Gasteiger partial charge in [0, 0.05) is 36.5 Å². The molecule has 3 aromatic rings. The molecule has 5 rings (SSSR count). The van der Waals surface area contributed by atoms with Gasteiger partial charge in [0.15, 0.2) is 12.6 Å². The molecule has 1 N–H and O–H groups in total. The highest BCUT2D eigenvalue weighted by atomic mass is 19.1. The lowest BCUT2D eigenvalue weighted by molar-refractivity contribution is 0.0141. The lowest BCUT2D eigenvalue weighted by Gasteiger charge is -2.54. The van der Waals surface area contributed by atoms with Crippen molar-refractivity contribution in [2.75, 3.05) is 11.9 Å². The Balaban J connectivity index is 1.38. The molecule has 8 heteroatoms. The summed E-state index contributed by atoms with van der Waals surface area (Å²) in [7, 11) is 2.06. The van der Waals surface area contributed by atoms with Crippen molar-refractivity contribution in [3.8, 4) is 28.1 Å². The van der Waals surface area contributed by atoms with Crippen LogP contribution in [0.5, 0.6) is 5.75 Å². The van der Waals surface area contributed by atoms with E-state index in [0.717, 1.165) is 29.3 Å². The van der Waals surface area contributed by atoms with Gasteiger partial charge >= 0.3 is 0 Å². The van der Waals surface area contributed by atoms with Crippen molar-refractivity contribution in [3.05, 3.63) is 58.8 Å². The van der Waals surface area contributed by atoms with E-state index in [9.17, 15) is 14.3 Å². The SMILES string of the molecule is CN(c1ccc(-c2cc(F)c(-c3ccn(CF)c(=O)c3)cc2O)nn1)[C@H]1C[C@]2(C)CCC[C@](C)(C1)C2. The third kappa shape index (κ3) is 4.49. The zero-order chi connectivity index (χ0) is 25.7. The number of phenolic OH excluding ortho intramolecular Hbond substituents is 1. The normalized spacial score (nSPS) is 25.5. The van der Waals surface area contributed by atoms with Crippen LogP contribution in [0.15, 0.2) is 47.4 Å². The third-order valence-electron chi connectivity index (χ3n) is 8.23. The minimum atomic E-state index is -0.963. The van der Waals surface area contributed by atoms with Crippen molar-refractivity contribution in [1.29, 1.82) is 0 Å². The molecule has 2 heterocycles. The van der Waals surface area contributed by atoms with Crippen LogP contribution in [0.1, 0.15) is 52.4 Å². The summed E-state index contributed by atoms with van der Waals surface area (Å²) >= 11 is 0. The number of nitrogens with zero attached hydrogens (tertiary/aromatic N) is 4. The van der Waals surface area contributed by atoms with Crippen LogP contribution in [0.25, 0.3) is 22.4 Å². The van der Waals surface area contributed by atoms with Crippen molar-refractivity contribution in [3.63, 3.8) is 0 Å². The van der Waals surface area contributed by atoms with Gasteiger partial charge in [-0.3, -0.25) is 9.36 Å². The van der Waals surface area contributed by atoms with Crippen LogP contribution in [-0.4, -0.2) is 33.0 Å². The first kappa shape index (κ1) is 24.4. The molecule has 0 amide bonds. The Morgan fingerprint density at radius 1 is 1.08 bits per heavy atom. The maximum Gasteiger partial charge on any atom is 0.253 e. The molecule has 2 aliphatic carbocycles. The lowest BCUT2D eigenvalue weighted by atomic mass is 9.55. The van der Waals surface area contributed by atoms with Crippen LogP contribution in [0.4, 0.5) is 14.6 Å². The van der Waals surface area contributed by atoms with Gasteiger partial charge in [0.2, 0.25) is 0 Å². The zero-order valence-corrected chi connectivity index (χ0v) is 21.0. The predicted molar refractivity (Wildman–Crippen MR) is 136 cm³/mol. The standard InChI is InChI=1S/C28H32F2N4O2/c1-27-8-4-9-28(2,16-27)15-19(14-27)33(3)25-6-5-23(31-32-25)21-12-22(30)20(13-24(21)35)18-7-10-34(17-29)26(36)11-18/h5-7,10-13,19,35H,4,8-9,14-17H2,1-3H3/t19-,27-,28+. The number of fused-ring (bicyclic) bond motifs is 2. The molecule has 36 heavy (non-hydrogen) atoms. The summed E-state index contributed by atoms with van der Waals surface area (Å²) in [5.74, 6) is -0.0585. The maximum absolute atomic E-state index is 15.0. The third-order valence-corrected chi connectivity index (χ3v) is 8.23. The molecular formula is C28H32F2N4O2. The number of rotatable bonds is 5. The molecule has 2 bridgehead atoms. The number of anilines is 1. The minimum absolute atomic E-state index is 0.0495. The molecule has 2 aliphatic rings. The van der Waals surface area contributed by atoms with Gasteiger partial charge in [-0.25, -0.2) is 8.78 Å². The van der Waals surface area contributed by atoms with Crippen molar-refractivity contribution in [2.24, 2.45) is 10.8 Å². The van der Waals surface area contributed by atoms with E-state index in [1.165, 1.54) is 50.1 Å². The zero-order valence-electron chi connectivity index (χ0n) is 21.0. The van der Waals surface area contributed by atoms with Crippen LogP contribution in [0, 0.1) is 16.6 Å². The van der Waals surface area contributed by atoms with Gasteiger partial charge in [-0.1, -0.05) is 20.3 Å². The van der Waals surface area contributed by atoms with Crippen molar-refractivity contribution in [1.82, 2.24) is 14.8 Å². The number of aromatic hydroxyl groups is 1. The molecule has 2 aromatic heterocycles. The number of halogens is 2. The summed E-state index contributed by atoms with van der Waals surface area (Å²) in [6.45, 7) is 3.85. The minimum Gasteiger partial charge on any atom is -0.507 e. The van der Waals surface area contributed by atoms with Crippen molar-refractivity contribution < 1.29 is 13.9 Å². The molecule has 3 atom stereocenters. The van der Waals surface area contributed by atoms with Crippen LogP contribution < -0.4 is 10.5 Å². The number of hydrogen-bond acceptors (Lipinski definition) is 5. The van der Waals surface area contributed by atoms with E-state index in [2.05, 4.69) is 36.0 Å². The Morgan fingerprint density at radius 2 is 1.81 bits per heavy atom. The average Bonchev–Trinajstić information content (AvgIpc) is 2.83. The van der Waals surface area contributed by atoms with E-state index in [1.807, 2.05) is 6.07 Å². The summed E-state index contributed by atoms with van der Waals surface area (Å²) in [4.78, 5) is 14.1. The Bertz CT molecular complexity index is 1320.